The minimum Gasteiger partial charge on any atom is -0.376 e. The number of hydrogen-bond donors (Lipinski definition) is 1. The van der Waals surface area contributed by atoms with Crippen LogP contribution >= 0.6 is 23.4 Å². The van der Waals surface area contributed by atoms with Crippen LogP contribution in [0.1, 0.15) is 33.6 Å². The molecule has 1 amide bonds. The summed E-state index contributed by atoms with van der Waals surface area (Å²) < 4.78 is 7.02. The summed E-state index contributed by atoms with van der Waals surface area (Å²) in [5.41, 5.74) is 1.08. The van der Waals surface area contributed by atoms with E-state index in [1.54, 1.807) is 48.5 Å². The first-order valence-electron chi connectivity index (χ1n) is 10.9. The number of ether oxygens (including phenoxy) is 1. The molecule has 1 N–H and O–H groups in total. The van der Waals surface area contributed by atoms with Crippen molar-refractivity contribution in [2.75, 3.05) is 18.9 Å². The van der Waals surface area contributed by atoms with Gasteiger partial charge in [-0.2, -0.15) is 0 Å². The molecule has 9 heteroatoms. The van der Waals surface area contributed by atoms with Crippen LogP contribution in [0.15, 0.2) is 65.1 Å². The molecule has 2 aromatic carbocycles. The Bertz CT molecular complexity index is 1280. The number of hydrogen-bond acceptors (Lipinski definition) is 6. The maximum absolute atomic E-state index is 13.1. The molecule has 1 atom stereocenters. The van der Waals surface area contributed by atoms with Crippen LogP contribution in [0.4, 0.5) is 0 Å². The average Bonchev–Trinajstić information content (AvgIpc) is 3.37. The van der Waals surface area contributed by atoms with Crippen molar-refractivity contribution in [3.63, 3.8) is 0 Å². The zero-order valence-electron chi connectivity index (χ0n) is 18.5. The summed E-state index contributed by atoms with van der Waals surface area (Å²) in [5.74, 6) is -0.261. The van der Waals surface area contributed by atoms with Gasteiger partial charge in [0.1, 0.15) is 0 Å². The van der Waals surface area contributed by atoms with Gasteiger partial charge in [0.2, 0.25) is 0 Å². The lowest BCUT2D eigenvalue weighted by molar-refractivity contribution is 0.0857. The Morgan fingerprint density at radius 3 is 2.71 bits per heavy atom. The molecule has 2 heterocycles. The Kier molecular flexibility index (Phi) is 7.82. The number of rotatable bonds is 9. The SMILES string of the molecule is C=CCn1c(SCC(=O)c2ccc(Cl)cc2)nc2cc(C(=O)NC[C@H]3CCCO3)ccc2c1=O. The van der Waals surface area contributed by atoms with E-state index in [2.05, 4.69) is 16.9 Å². The van der Waals surface area contributed by atoms with Gasteiger partial charge in [-0.25, -0.2) is 4.98 Å². The predicted octanol–water partition coefficient (Wildman–Crippen LogP) is 4.12. The number of halogens is 1. The Morgan fingerprint density at radius 1 is 1.24 bits per heavy atom. The summed E-state index contributed by atoms with van der Waals surface area (Å²) in [4.78, 5) is 43.0. The van der Waals surface area contributed by atoms with Crippen LogP contribution in [-0.4, -0.2) is 46.2 Å². The maximum atomic E-state index is 13.1. The van der Waals surface area contributed by atoms with Gasteiger partial charge in [-0.05, 0) is 55.3 Å². The highest BCUT2D eigenvalue weighted by atomic mass is 35.5. The lowest BCUT2D eigenvalue weighted by atomic mass is 10.1. The summed E-state index contributed by atoms with van der Waals surface area (Å²) in [6, 6.07) is 11.5. The Balaban J connectivity index is 1.57. The predicted molar refractivity (Wildman–Crippen MR) is 134 cm³/mol. The molecule has 34 heavy (non-hydrogen) atoms. The first kappa shape index (κ1) is 24.2. The largest absolute Gasteiger partial charge is 0.376 e. The minimum absolute atomic E-state index is 0.0369. The molecule has 0 aliphatic carbocycles. The van der Waals surface area contributed by atoms with E-state index < -0.39 is 0 Å². The molecule has 0 spiro atoms. The lowest BCUT2D eigenvalue weighted by Crippen LogP contribution is -2.31. The maximum Gasteiger partial charge on any atom is 0.262 e. The van der Waals surface area contributed by atoms with E-state index in [1.165, 1.54) is 16.3 Å². The van der Waals surface area contributed by atoms with Crippen LogP contribution in [0.2, 0.25) is 5.02 Å². The van der Waals surface area contributed by atoms with Crippen molar-refractivity contribution < 1.29 is 14.3 Å². The van der Waals surface area contributed by atoms with Crippen molar-refractivity contribution in [3.8, 4) is 0 Å². The molecule has 0 unspecified atom stereocenters. The summed E-state index contributed by atoms with van der Waals surface area (Å²) in [6.07, 6.45) is 3.57. The molecule has 3 aromatic rings. The Labute approximate surface area is 206 Å². The van der Waals surface area contributed by atoms with E-state index in [0.717, 1.165) is 19.4 Å². The number of thioether (sulfide) groups is 1. The second-order valence-corrected chi connectivity index (χ2v) is 9.27. The standard InChI is InChI=1S/C25H24ClN3O4S/c1-2-11-29-24(32)20-10-7-17(23(31)27-14-19-4-3-12-33-19)13-21(20)28-25(29)34-15-22(30)16-5-8-18(26)9-6-16/h2,5-10,13,19H,1,3-4,11-12,14-15H2,(H,27,31)/t19-/m1/s1. The van der Waals surface area contributed by atoms with Crippen molar-refractivity contribution in [2.45, 2.75) is 30.6 Å². The molecule has 176 valence electrons. The van der Waals surface area contributed by atoms with Gasteiger partial charge >= 0.3 is 0 Å². The fourth-order valence-corrected chi connectivity index (χ4v) is 4.73. The van der Waals surface area contributed by atoms with Crippen molar-refractivity contribution in [3.05, 3.63) is 81.6 Å². The third-order valence-corrected chi connectivity index (χ3v) is 6.74. The second-order valence-electron chi connectivity index (χ2n) is 7.89. The lowest BCUT2D eigenvalue weighted by Gasteiger charge is -2.13. The number of carbonyl (C=O) groups is 2. The number of carbonyl (C=O) groups excluding carboxylic acids is 2. The molecule has 1 fully saturated rings. The fourth-order valence-electron chi connectivity index (χ4n) is 3.71. The number of amides is 1. The highest BCUT2D eigenvalue weighted by Gasteiger charge is 2.18. The second kappa shape index (κ2) is 11.0. The number of fused-ring (bicyclic) bond motifs is 1. The topological polar surface area (TPSA) is 90.3 Å². The third-order valence-electron chi connectivity index (χ3n) is 5.51. The monoisotopic (exact) mass is 497 g/mol. The molecular weight excluding hydrogens is 474 g/mol. The van der Waals surface area contributed by atoms with E-state index in [0.29, 0.717) is 38.8 Å². The number of nitrogens with zero attached hydrogens (tertiary/aromatic N) is 2. The van der Waals surface area contributed by atoms with Gasteiger partial charge < -0.3 is 10.1 Å². The molecule has 0 saturated carbocycles. The first-order valence-corrected chi connectivity index (χ1v) is 12.3. The molecule has 4 rings (SSSR count). The number of allylic oxidation sites excluding steroid dienone is 1. The molecular formula is C25H24ClN3O4S. The zero-order valence-corrected chi connectivity index (χ0v) is 20.0. The van der Waals surface area contributed by atoms with Crippen LogP contribution in [0, 0.1) is 0 Å². The van der Waals surface area contributed by atoms with Crippen molar-refractivity contribution in [2.24, 2.45) is 0 Å². The Morgan fingerprint density at radius 2 is 2.00 bits per heavy atom. The third kappa shape index (κ3) is 5.58. The summed E-state index contributed by atoms with van der Waals surface area (Å²) in [7, 11) is 0. The van der Waals surface area contributed by atoms with Crippen LogP contribution in [0.3, 0.4) is 0 Å². The zero-order chi connectivity index (χ0) is 24.1. The highest BCUT2D eigenvalue weighted by molar-refractivity contribution is 7.99. The van der Waals surface area contributed by atoms with Gasteiger partial charge in [0, 0.05) is 35.8 Å². The quantitative estimate of drug-likeness (QED) is 0.207. The van der Waals surface area contributed by atoms with Gasteiger partial charge in [0.05, 0.1) is 22.8 Å². The van der Waals surface area contributed by atoms with Crippen molar-refractivity contribution in [1.29, 1.82) is 0 Å². The van der Waals surface area contributed by atoms with Crippen LogP contribution < -0.4 is 10.9 Å². The van der Waals surface area contributed by atoms with Gasteiger partial charge in [-0.1, -0.05) is 29.4 Å². The van der Waals surface area contributed by atoms with Crippen molar-refractivity contribution in [1.82, 2.24) is 14.9 Å². The van der Waals surface area contributed by atoms with Crippen LogP contribution in [0.5, 0.6) is 0 Å². The van der Waals surface area contributed by atoms with E-state index in [-0.39, 0.29) is 35.7 Å². The van der Waals surface area contributed by atoms with E-state index in [9.17, 15) is 14.4 Å². The van der Waals surface area contributed by atoms with Gasteiger partial charge in [0.25, 0.3) is 11.5 Å². The van der Waals surface area contributed by atoms with Gasteiger partial charge in [0.15, 0.2) is 10.9 Å². The van der Waals surface area contributed by atoms with E-state index >= 15 is 0 Å². The molecule has 1 saturated heterocycles. The van der Waals surface area contributed by atoms with Gasteiger partial charge in [-0.3, -0.25) is 19.0 Å². The molecule has 7 nitrogen and oxygen atoms in total. The van der Waals surface area contributed by atoms with E-state index in [4.69, 9.17) is 16.3 Å². The number of nitrogens with one attached hydrogen (secondary N) is 1. The summed E-state index contributed by atoms with van der Waals surface area (Å²) >= 11 is 7.07. The molecule has 1 aliphatic heterocycles. The molecule has 0 bridgehead atoms. The number of aromatic nitrogens is 2. The van der Waals surface area contributed by atoms with Crippen LogP contribution in [0.25, 0.3) is 10.9 Å². The van der Waals surface area contributed by atoms with Crippen LogP contribution in [-0.2, 0) is 11.3 Å². The normalized spacial score (nSPS) is 15.4. The number of ketones is 1. The minimum atomic E-state index is -0.252. The number of benzene rings is 2. The summed E-state index contributed by atoms with van der Waals surface area (Å²) in [5, 5.41) is 4.21. The highest BCUT2D eigenvalue weighted by Crippen LogP contribution is 2.21. The number of Topliss-reactive ketones (excluding diaryl/α,β-unsaturated/α-hetero) is 1. The van der Waals surface area contributed by atoms with E-state index in [1.807, 2.05) is 0 Å². The molecule has 1 aliphatic rings. The molecule has 0 radical (unpaired) electrons. The first-order chi connectivity index (χ1) is 16.5. The fraction of sp³-hybridized carbons (Fsp3) is 0.280. The summed E-state index contributed by atoms with van der Waals surface area (Å²) in [6.45, 7) is 5.14. The van der Waals surface area contributed by atoms with Crippen molar-refractivity contribution >= 4 is 46.0 Å². The molecule has 1 aromatic heterocycles. The van der Waals surface area contributed by atoms with Gasteiger partial charge in [-0.15, -0.1) is 6.58 Å². The smallest absolute Gasteiger partial charge is 0.262 e. The Hall–Kier alpha value is -2.94. The average molecular weight is 498 g/mol.